The Morgan fingerprint density at radius 2 is 2.28 bits per heavy atom. The number of furan rings is 1. The zero-order valence-electron chi connectivity index (χ0n) is 10.1. The third-order valence-corrected chi connectivity index (χ3v) is 3.21. The number of carbonyl (C=O) groups excluding carboxylic acids is 1. The molecule has 2 aromatic rings. The van der Waals surface area contributed by atoms with Crippen molar-refractivity contribution in [3.63, 3.8) is 0 Å². The van der Waals surface area contributed by atoms with Crippen LogP contribution in [0, 0.1) is 0 Å². The van der Waals surface area contributed by atoms with E-state index >= 15 is 0 Å². The molecule has 0 aliphatic carbocycles. The molecule has 0 saturated heterocycles. The first-order chi connectivity index (χ1) is 8.69. The molecule has 1 amide bonds. The predicted octanol–water partition coefficient (Wildman–Crippen LogP) is 1.58. The van der Waals surface area contributed by atoms with Crippen LogP contribution >= 0.6 is 11.3 Å². The fourth-order valence-electron chi connectivity index (χ4n) is 1.67. The van der Waals surface area contributed by atoms with Crippen molar-refractivity contribution >= 4 is 17.2 Å². The van der Waals surface area contributed by atoms with Gasteiger partial charge >= 0.3 is 5.91 Å². The highest BCUT2D eigenvalue weighted by molar-refractivity contribution is 7.07. The number of hydrazine groups is 1. The first-order valence-electron chi connectivity index (χ1n) is 5.48. The van der Waals surface area contributed by atoms with Gasteiger partial charge < -0.3 is 4.42 Å². The first kappa shape index (κ1) is 12.8. The Morgan fingerprint density at radius 3 is 2.94 bits per heavy atom. The molecular formula is C12H15N3O2S. The summed E-state index contributed by atoms with van der Waals surface area (Å²) in [6.07, 6.45) is 0. The number of amides is 1. The van der Waals surface area contributed by atoms with E-state index in [2.05, 4.69) is 21.7 Å². The number of carbonyl (C=O) groups is 1. The van der Waals surface area contributed by atoms with Crippen LogP contribution in [-0.2, 0) is 13.1 Å². The first-order valence-corrected chi connectivity index (χ1v) is 6.42. The average molecular weight is 265 g/mol. The van der Waals surface area contributed by atoms with Gasteiger partial charge in [0.1, 0.15) is 5.76 Å². The van der Waals surface area contributed by atoms with Crippen molar-refractivity contribution in [2.45, 2.75) is 13.1 Å². The van der Waals surface area contributed by atoms with E-state index in [4.69, 9.17) is 10.3 Å². The molecule has 0 aromatic carbocycles. The Hall–Kier alpha value is -1.63. The van der Waals surface area contributed by atoms with E-state index in [9.17, 15) is 4.79 Å². The number of hydrogen-bond acceptors (Lipinski definition) is 5. The largest absolute Gasteiger partial charge is 0.455 e. The predicted molar refractivity (Wildman–Crippen MR) is 69.9 cm³/mol. The van der Waals surface area contributed by atoms with Gasteiger partial charge in [-0.3, -0.25) is 15.1 Å². The molecule has 2 aromatic heterocycles. The minimum absolute atomic E-state index is 0.233. The summed E-state index contributed by atoms with van der Waals surface area (Å²) in [6, 6.07) is 5.50. The number of nitrogen functional groups attached to an aromatic ring is 1. The molecule has 0 fully saturated rings. The number of thiophene rings is 1. The molecule has 96 valence electrons. The van der Waals surface area contributed by atoms with Crippen molar-refractivity contribution in [1.29, 1.82) is 0 Å². The van der Waals surface area contributed by atoms with Crippen molar-refractivity contribution in [3.05, 3.63) is 46.0 Å². The molecule has 6 heteroatoms. The van der Waals surface area contributed by atoms with Crippen LogP contribution in [0.4, 0.5) is 0 Å². The molecule has 0 atom stereocenters. The van der Waals surface area contributed by atoms with Crippen LogP contribution in [0.25, 0.3) is 0 Å². The van der Waals surface area contributed by atoms with Crippen LogP contribution in [0.5, 0.6) is 0 Å². The second-order valence-corrected chi connectivity index (χ2v) is 4.82. The standard InChI is InChI=1S/C12H15N3O2S/c1-15(6-9-4-5-18-8-9)7-10-2-3-11(17-10)12(16)14-13/h2-5,8H,6-7,13H2,1H3,(H,14,16). The normalized spacial score (nSPS) is 10.8. The van der Waals surface area contributed by atoms with E-state index in [1.165, 1.54) is 5.56 Å². The molecule has 2 heterocycles. The molecule has 0 bridgehead atoms. The van der Waals surface area contributed by atoms with E-state index < -0.39 is 5.91 Å². The lowest BCUT2D eigenvalue weighted by molar-refractivity contribution is 0.0922. The van der Waals surface area contributed by atoms with Crippen LogP contribution in [0.1, 0.15) is 21.9 Å². The quantitative estimate of drug-likeness (QED) is 0.489. The van der Waals surface area contributed by atoms with E-state index in [0.29, 0.717) is 6.54 Å². The molecule has 0 radical (unpaired) electrons. The molecule has 0 saturated carbocycles. The summed E-state index contributed by atoms with van der Waals surface area (Å²) >= 11 is 1.68. The molecule has 2 rings (SSSR count). The summed E-state index contributed by atoms with van der Waals surface area (Å²) in [5.41, 5.74) is 3.31. The highest BCUT2D eigenvalue weighted by Crippen LogP contribution is 2.13. The van der Waals surface area contributed by atoms with Crippen LogP contribution < -0.4 is 11.3 Å². The Bertz CT molecular complexity index is 507. The Balaban J connectivity index is 1.92. The van der Waals surface area contributed by atoms with Crippen molar-refractivity contribution in [2.75, 3.05) is 7.05 Å². The monoisotopic (exact) mass is 265 g/mol. The van der Waals surface area contributed by atoms with E-state index in [-0.39, 0.29) is 5.76 Å². The minimum Gasteiger partial charge on any atom is -0.455 e. The van der Waals surface area contributed by atoms with Gasteiger partial charge in [-0.1, -0.05) is 0 Å². The smallest absolute Gasteiger partial charge is 0.300 e. The lowest BCUT2D eigenvalue weighted by Gasteiger charge is -2.13. The molecular weight excluding hydrogens is 250 g/mol. The van der Waals surface area contributed by atoms with Gasteiger partial charge in [0.2, 0.25) is 0 Å². The zero-order valence-corrected chi connectivity index (χ0v) is 10.9. The number of nitrogens with one attached hydrogen (secondary N) is 1. The Morgan fingerprint density at radius 1 is 1.44 bits per heavy atom. The third kappa shape index (κ3) is 3.19. The van der Waals surface area contributed by atoms with Crippen LogP contribution in [0.3, 0.4) is 0 Å². The maximum Gasteiger partial charge on any atom is 0.300 e. The lowest BCUT2D eigenvalue weighted by Crippen LogP contribution is -2.29. The van der Waals surface area contributed by atoms with Crippen LogP contribution in [0.15, 0.2) is 33.4 Å². The van der Waals surface area contributed by atoms with Gasteiger partial charge in [0.05, 0.1) is 6.54 Å². The highest BCUT2D eigenvalue weighted by atomic mass is 32.1. The van der Waals surface area contributed by atoms with Crippen LogP contribution in [0.2, 0.25) is 0 Å². The van der Waals surface area contributed by atoms with Crippen molar-refractivity contribution in [2.24, 2.45) is 5.84 Å². The molecule has 5 nitrogen and oxygen atoms in total. The Kier molecular flexibility index (Phi) is 4.14. The van der Waals surface area contributed by atoms with Gasteiger partial charge in [-0.15, -0.1) is 0 Å². The minimum atomic E-state index is -0.415. The van der Waals surface area contributed by atoms with Gasteiger partial charge in [-0.2, -0.15) is 11.3 Å². The molecule has 18 heavy (non-hydrogen) atoms. The van der Waals surface area contributed by atoms with Crippen molar-refractivity contribution in [3.8, 4) is 0 Å². The second kappa shape index (κ2) is 5.81. The molecule has 0 aliphatic rings. The fraction of sp³-hybridized carbons (Fsp3) is 0.250. The van der Waals surface area contributed by atoms with Gasteiger partial charge in [-0.05, 0) is 41.6 Å². The van der Waals surface area contributed by atoms with Crippen LogP contribution in [-0.4, -0.2) is 17.9 Å². The Labute approximate surface area is 109 Å². The molecule has 0 aliphatic heterocycles. The SMILES string of the molecule is CN(Cc1ccsc1)Cc1ccc(C(=O)NN)o1. The topological polar surface area (TPSA) is 71.5 Å². The van der Waals surface area contributed by atoms with Gasteiger partial charge in [-0.25, -0.2) is 5.84 Å². The molecule has 3 N–H and O–H groups in total. The van der Waals surface area contributed by atoms with Gasteiger partial charge in [0, 0.05) is 6.54 Å². The van der Waals surface area contributed by atoms with Gasteiger partial charge in [0.25, 0.3) is 0 Å². The molecule has 0 spiro atoms. The second-order valence-electron chi connectivity index (χ2n) is 4.04. The van der Waals surface area contributed by atoms with E-state index in [1.807, 2.05) is 12.5 Å². The summed E-state index contributed by atoms with van der Waals surface area (Å²) in [5.74, 6) is 5.60. The summed E-state index contributed by atoms with van der Waals surface area (Å²) in [4.78, 5) is 13.3. The number of rotatable bonds is 5. The maximum atomic E-state index is 11.2. The highest BCUT2D eigenvalue weighted by Gasteiger charge is 2.11. The average Bonchev–Trinajstić information content (AvgIpc) is 2.99. The number of nitrogens with two attached hydrogens (primary N) is 1. The maximum absolute atomic E-state index is 11.2. The van der Waals surface area contributed by atoms with Crippen molar-refractivity contribution < 1.29 is 9.21 Å². The lowest BCUT2D eigenvalue weighted by atomic mass is 10.3. The summed E-state index contributed by atoms with van der Waals surface area (Å²) in [7, 11) is 2.00. The third-order valence-electron chi connectivity index (χ3n) is 2.47. The molecule has 0 unspecified atom stereocenters. The van der Waals surface area contributed by atoms with E-state index in [0.717, 1.165) is 12.3 Å². The summed E-state index contributed by atoms with van der Waals surface area (Å²) < 4.78 is 5.40. The summed E-state index contributed by atoms with van der Waals surface area (Å²) in [5, 5.41) is 4.17. The van der Waals surface area contributed by atoms with Gasteiger partial charge in [0.15, 0.2) is 5.76 Å². The fourth-order valence-corrected chi connectivity index (χ4v) is 2.33. The van der Waals surface area contributed by atoms with E-state index in [1.54, 1.807) is 23.5 Å². The van der Waals surface area contributed by atoms with Crippen molar-refractivity contribution in [1.82, 2.24) is 10.3 Å². The summed E-state index contributed by atoms with van der Waals surface area (Å²) in [6.45, 7) is 1.50. The number of nitrogens with zero attached hydrogens (tertiary/aromatic N) is 1. The number of hydrogen-bond donors (Lipinski definition) is 2. The zero-order chi connectivity index (χ0) is 13.0.